The molecular formula is C33H30NO+. The first kappa shape index (κ1) is 21.6. The minimum absolute atomic E-state index is 0.144. The summed E-state index contributed by atoms with van der Waals surface area (Å²) in [5, 5.41) is 4.67. The standard InChI is InChI=1S/C33H30NO/c1-21-10-16-28-27-17-13-23-8-6-7-9-26(23)31(27)35-32(28)30(21)29-20-24(18-19-34(29)5)22-11-14-25(15-12-22)33(2,3)4/h6-20H,1-5H3/q+1. The number of hydrogen-bond acceptors (Lipinski definition) is 1. The van der Waals surface area contributed by atoms with E-state index < -0.39 is 0 Å². The van der Waals surface area contributed by atoms with Gasteiger partial charge >= 0.3 is 0 Å². The summed E-state index contributed by atoms with van der Waals surface area (Å²) in [7, 11) is 2.11. The lowest BCUT2D eigenvalue weighted by molar-refractivity contribution is -0.660. The van der Waals surface area contributed by atoms with Crippen molar-refractivity contribution in [1.82, 2.24) is 0 Å². The highest BCUT2D eigenvalue weighted by molar-refractivity contribution is 6.17. The van der Waals surface area contributed by atoms with Crippen LogP contribution in [0.15, 0.2) is 95.5 Å². The lowest BCUT2D eigenvalue weighted by Gasteiger charge is -2.19. The first-order valence-corrected chi connectivity index (χ1v) is 12.3. The Bertz CT molecular complexity index is 1730. The van der Waals surface area contributed by atoms with E-state index in [4.69, 9.17) is 4.42 Å². The van der Waals surface area contributed by atoms with Crippen LogP contribution in [0.5, 0.6) is 0 Å². The molecule has 4 aromatic carbocycles. The summed E-state index contributed by atoms with van der Waals surface area (Å²) in [5.74, 6) is 0. The fourth-order valence-electron chi connectivity index (χ4n) is 5.15. The molecule has 0 aliphatic carbocycles. The molecule has 0 fully saturated rings. The van der Waals surface area contributed by atoms with Crippen LogP contribution in [-0.2, 0) is 12.5 Å². The molecule has 2 heterocycles. The molecular weight excluding hydrogens is 426 g/mol. The van der Waals surface area contributed by atoms with E-state index in [1.54, 1.807) is 0 Å². The summed E-state index contributed by atoms with van der Waals surface area (Å²) in [6.45, 7) is 8.93. The lowest BCUT2D eigenvalue weighted by atomic mass is 9.86. The molecule has 0 unspecified atom stereocenters. The molecule has 2 heteroatoms. The number of aromatic nitrogens is 1. The number of rotatable bonds is 2. The molecule has 0 radical (unpaired) electrons. The van der Waals surface area contributed by atoms with E-state index >= 15 is 0 Å². The highest BCUT2D eigenvalue weighted by Gasteiger charge is 2.22. The molecule has 0 bridgehead atoms. The summed E-state index contributed by atoms with van der Waals surface area (Å²) >= 11 is 0. The molecule has 0 amide bonds. The SMILES string of the molecule is Cc1ccc2c(oc3c4ccccc4ccc23)c1-c1cc(-c2ccc(C(C)(C)C)cc2)cc[n+]1C. The predicted molar refractivity (Wildman–Crippen MR) is 147 cm³/mol. The van der Waals surface area contributed by atoms with Crippen molar-refractivity contribution in [3.8, 4) is 22.4 Å². The van der Waals surface area contributed by atoms with Crippen LogP contribution in [0.4, 0.5) is 0 Å². The van der Waals surface area contributed by atoms with Gasteiger partial charge in [0.2, 0.25) is 5.69 Å². The van der Waals surface area contributed by atoms with Gasteiger partial charge in [-0.05, 0) is 46.0 Å². The molecule has 2 aromatic heterocycles. The van der Waals surface area contributed by atoms with E-state index in [2.05, 4.69) is 130 Å². The number of hydrogen-bond donors (Lipinski definition) is 0. The summed E-state index contributed by atoms with van der Waals surface area (Å²) in [6.07, 6.45) is 2.15. The van der Waals surface area contributed by atoms with Crippen LogP contribution < -0.4 is 4.57 Å². The molecule has 0 N–H and O–H groups in total. The Balaban J connectivity index is 1.57. The van der Waals surface area contributed by atoms with Gasteiger partial charge in [0.05, 0.1) is 5.56 Å². The molecule has 35 heavy (non-hydrogen) atoms. The van der Waals surface area contributed by atoms with Gasteiger partial charge in [0.1, 0.15) is 18.2 Å². The minimum Gasteiger partial charge on any atom is -0.454 e. The Kier molecular flexibility index (Phi) is 4.82. The van der Waals surface area contributed by atoms with E-state index in [9.17, 15) is 0 Å². The summed E-state index contributed by atoms with van der Waals surface area (Å²) < 4.78 is 8.87. The van der Waals surface area contributed by atoms with Crippen LogP contribution in [0.1, 0.15) is 31.9 Å². The number of pyridine rings is 1. The predicted octanol–water partition coefficient (Wildman–Crippen LogP) is 8.50. The maximum absolute atomic E-state index is 6.67. The fourth-order valence-corrected chi connectivity index (χ4v) is 5.15. The molecule has 2 nitrogen and oxygen atoms in total. The van der Waals surface area contributed by atoms with Gasteiger partial charge in [-0.3, -0.25) is 0 Å². The molecule has 172 valence electrons. The van der Waals surface area contributed by atoms with E-state index in [0.29, 0.717) is 0 Å². The lowest BCUT2D eigenvalue weighted by Crippen LogP contribution is -2.30. The van der Waals surface area contributed by atoms with Gasteiger partial charge in [-0.1, -0.05) is 87.5 Å². The number of fused-ring (bicyclic) bond motifs is 5. The fraction of sp³-hybridized carbons (Fsp3) is 0.182. The van der Waals surface area contributed by atoms with Gasteiger partial charge in [0, 0.05) is 28.3 Å². The second-order valence-electron chi connectivity index (χ2n) is 10.6. The second kappa shape index (κ2) is 7.81. The van der Waals surface area contributed by atoms with Crippen molar-refractivity contribution in [2.24, 2.45) is 7.05 Å². The van der Waals surface area contributed by atoms with Crippen LogP contribution in [0.25, 0.3) is 55.1 Å². The van der Waals surface area contributed by atoms with Crippen LogP contribution in [0.2, 0.25) is 0 Å². The maximum Gasteiger partial charge on any atom is 0.216 e. The maximum atomic E-state index is 6.67. The summed E-state index contributed by atoms with van der Waals surface area (Å²) in [6, 6.07) is 30.7. The molecule has 6 rings (SSSR count). The Morgan fingerprint density at radius 3 is 2.17 bits per heavy atom. The van der Waals surface area contributed by atoms with Crippen molar-refractivity contribution in [1.29, 1.82) is 0 Å². The third-order valence-corrected chi connectivity index (χ3v) is 7.23. The molecule has 0 spiro atoms. The van der Waals surface area contributed by atoms with Gasteiger partial charge in [0.25, 0.3) is 0 Å². The third kappa shape index (κ3) is 3.52. The van der Waals surface area contributed by atoms with E-state index in [1.807, 2.05) is 0 Å². The third-order valence-electron chi connectivity index (χ3n) is 7.23. The van der Waals surface area contributed by atoms with Crippen LogP contribution >= 0.6 is 0 Å². The Labute approximate surface area is 206 Å². The van der Waals surface area contributed by atoms with Crippen molar-refractivity contribution in [2.45, 2.75) is 33.1 Å². The quantitative estimate of drug-likeness (QED) is 0.239. The van der Waals surface area contributed by atoms with Crippen molar-refractivity contribution in [2.75, 3.05) is 0 Å². The highest BCUT2D eigenvalue weighted by atomic mass is 16.3. The zero-order chi connectivity index (χ0) is 24.3. The smallest absolute Gasteiger partial charge is 0.216 e. The molecule has 0 saturated carbocycles. The number of furan rings is 1. The zero-order valence-electron chi connectivity index (χ0n) is 21.0. The average Bonchev–Trinajstić information content (AvgIpc) is 3.23. The summed E-state index contributed by atoms with van der Waals surface area (Å²) in [4.78, 5) is 0. The van der Waals surface area contributed by atoms with Gasteiger partial charge in [0.15, 0.2) is 6.20 Å². The van der Waals surface area contributed by atoms with E-state index in [1.165, 1.54) is 27.6 Å². The molecule has 0 aliphatic rings. The first-order valence-electron chi connectivity index (χ1n) is 12.3. The topological polar surface area (TPSA) is 17.0 Å². The van der Waals surface area contributed by atoms with Crippen molar-refractivity contribution < 1.29 is 8.98 Å². The van der Waals surface area contributed by atoms with Gasteiger partial charge < -0.3 is 4.42 Å². The Morgan fingerprint density at radius 1 is 0.686 bits per heavy atom. The normalized spacial score (nSPS) is 12.1. The Hall–Kier alpha value is -3.91. The number of aryl methyl sites for hydroxylation is 2. The molecule has 0 atom stereocenters. The highest BCUT2D eigenvalue weighted by Crippen LogP contribution is 2.40. The minimum atomic E-state index is 0.144. The van der Waals surface area contributed by atoms with Gasteiger partial charge in [-0.2, -0.15) is 0 Å². The zero-order valence-corrected chi connectivity index (χ0v) is 21.0. The van der Waals surface area contributed by atoms with Gasteiger partial charge in [-0.25, -0.2) is 4.57 Å². The van der Waals surface area contributed by atoms with Gasteiger partial charge in [-0.15, -0.1) is 0 Å². The van der Waals surface area contributed by atoms with E-state index in [-0.39, 0.29) is 5.41 Å². The van der Waals surface area contributed by atoms with E-state index in [0.717, 1.165) is 38.6 Å². The van der Waals surface area contributed by atoms with Crippen LogP contribution in [-0.4, -0.2) is 0 Å². The largest absolute Gasteiger partial charge is 0.454 e. The Morgan fingerprint density at radius 2 is 1.40 bits per heavy atom. The molecule has 6 aromatic rings. The number of benzene rings is 4. The summed E-state index contributed by atoms with van der Waals surface area (Å²) in [5.41, 5.74) is 9.33. The molecule has 0 saturated heterocycles. The average molecular weight is 457 g/mol. The van der Waals surface area contributed by atoms with Crippen molar-refractivity contribution >= 4 is 32.7 Å². The van der Waals surface area contributed by atoms with Crippen LogP contribution in [0.3, 0.4) is 0 Å². The van der Waals surface area contributed by atoms with Crippen LogP contribution in [0, 0.1) is 6.92 Å². The molecule has 0 aliphatic heterocycles. The monoisotopic (exact) mass is 456 g/mol. The first-order chi connectivity index (χ1) is 16.8. The van der Waals surface area contributed by atoms with Crippen molar-refractivity contribution in [3.05, 3.63) is 102 Å². The second-order valence-corrected chi connectivity index (χ2v) is 10.6. The van der Waals surface area contributed by atoms with Crippen molar-refractivity contribution in [3.63, 3.8) is 0 Å². The number of nitrogens with zero attached hydrogens (tertiary/aromatic N) is 1.